The first-order valence-corrected chi connectivity index (χ1v) is 10.2. The number of aromatic nitrogens is 4. The Kier molecular flexibility index (Phi) is 4.80. The number of hydrogen-bond acceptors (Lipinski definition) is 6. The van der Waals surface area contributed by atoms with Gasteiger partial charge in [-0.25, -0.2) is 4.98 Å². The van der Waals surface area contributed by atoms with Gasteiger partial charge in [-0.3, -0.25) is 9.67 Å². The number of aryl methyl sites for hydroxylation is 1. The average Bonchev–Trinajstić information content (AvgIpc) is 3.15. The number of rotatable bonds is 4. The SMILES string of the molecule is CN1CCN(c2cncc(Nc3cc(-c4ccc5c(cnn5C)c4)ccn3)c2)CC1. The molecule has 0 aliphatic carbocycles. The molecule has 0 atom stereocenters. The van der Waals surface area contributed by atoms with E-state index in [1.54, 1.807) is 0 Å². The zero-order chi connectivity index (χ0) is 20.5. The van der Waals surface area contributed by atoms with E-state index < -0.39 is 0 Å². The summed E-state index contributed by atoms with van der Waals surface area (Å²) in [6, 6.07) is 12.6. The number of piperazine rings is 1. The fraction of sp³-hybridized carbons (Fsp3) is 0.261. The van der Waals surface area contributed by atoms with E-state index in [2.05, 4.69) is 67.6 Å². The van der Waals surface area contributed by atoms with E-state index in [0.717, 1.165) is 65.4 Å². The molecule has 1 aromatic carbocycles. The number of nitrogens with one attached hydrogen (secondary N) is 1. The van der Waals surface area contributed by atoms with Crippen molar-refractivity contribution in [1.82, 2.24) is 24.6 Å². The van der Waals surface area contributed by atoms with Crippen molar-refractivity contribution in [2.75, 3.05) is 43.4 Å². The van der Waals surface area contributed by atoms with Crippen LogP contribution in [0.2, 0.25) is 0 Å². The number of pyridine rings is 2. The molecule has 0 saturated carbocycles. The van der Waals surface area contributed by atoms with Crippen LogP contribution in [0.1, 0.15) is 0 Å². The second-order valence-electron chi connectivity index (χ2n) is 7.82. The second kappa shape index (κ2) is 7.76. The van der Waals surface area contributed by atoms with Crippen molar-refractivity contribution in [2.24, 2.45) is 7.05 Å². The van der Waals surface area contributed by atoms with Crippen molar-refractivity contribution < 1.29 is 0 Å². The minimum Gasteiger partial charge on any atom is -0.368 e. The molecule has 1 saturated heterocycles. The Morgan fingerprint density at radius 1 is 0.867 bits per heavy atom. The fourth-order valence-electron chi connectivity index (χ4n) is 3.90. The summed E-state index contributed by atoms with van der Waals surface area (Å²) in [5.74, 6) is 0.802. The van der Waals surface area contributed by atoms with Gasteiger partial charge in [-0.05, 0) is 48.5 Å². The predicted octanol–water partition coefficient (Wildman–Crippen LogP) is 3.53. The van der Waals surface area contributed by atoms with Crippen LogP contribution in [0.15, 0.2) is 61.2 Å². The van der Waals surface area contributed by atoms with Gasteiger partial charge in [-0.2, -0.15) is 5.10 Å². The summed E-state index contributed by atoms with van der Waals surface area (Å²) in [5, 5.41) is 8.88. The molecule has 3 aromatic heterocycles. The van der Waals surface area contributed by atoms with Crippen LogP contribution in [-0.2, 0) is 7.05 Å². The highest BCUT2D eigenvalue weighted by Gasteiger charge is 2.15. The summed E-state index contributed by atoms with van der Waals surface area (Å²) in [5.41, 5.74) is 5.47. The summed E-state index contributed by atoms with van der Waals surface area (Å²) < 4.78 is 1.89. The van der Waals surface area contributed by atoms with E-state index in [0.29, 0.717) is 0 Å². The van der Waals surface area contributed by atoms with Crippen LogP contribution < -0.4 is 10.2 Å². The molecule has 0 radical (unpaired) electrons. The maximum absolute atomic E-state index is 4.50. The van der Waals surface area contributed by atoms with E-state index in [1.165, 1.54) is 0 Å². The molecule has 5 rings (SSSR count). The maximum Gasteiger partial charge on any atom is 0.130 e. The van der Waals surface area contributed by atoms with Crippen molar-refractivity contribution >= 4 is 28.1 Å². The number of hydrogen-bond donors (Lipinski definition) is 1. The van der Waals surface area contributed by atoms with Gasteiger partial charge in [0.05, 0.1) is 35.5 Å². The molecule has 152 valence electrons. The highest BCUT2D eigenvalue weighted by molar-refractivity contribution is 5.85. The molecule has 0 unspecified atom stereocenters. The van der Waals surface area contributed by atoms with Gasteiger partial charge in [0, 0.05) is 44.8 Å². The minimum absolute atomic E-state index is 0.802. The van der Waals surface area contributed by atoms with Gasteiger partial charge in [-0.15, -0.1) is 0 Å². The number of benzene rings is 1. The third-order valence-electron chi connectivity index (χ3n) is 5.70. The zero-order valence-electron chi connectivity index (χ0n) is 17.3. The first-order chi connectivity index (χ1) is 14.7. The van der Waals surface area contributed by atoms with Gasteiger partial charge in [0.1, 0.15) is 5.82 Å². The summed E-state index contributed by atoms with van der Waals surface area (Å²) in [6.45, 7) is 4.18. The Bertz CT molecular complexity index is 1180. The van der Waals surface area contributed by atoms with Crippen LogP contribution in [0.25, 0.3) is 22.0 Å². The van der Waals surface area contributed by atoms with Gasteiger partial charge in [0.25, 0.3) is 0 Å². The second-order valence-corrected chi connectivity index (χ2v) is 7.82. The summed E-state index contributed by atoms with van der Waals surface area (Å²) in [6.07, 6.45) is 7.51. The molecule has 4 heterocycles. The number of nitrogens with zero attached hydrogens (tertiary/aromatic N) is 6. The van der Waals surface area contributed by atoms with Crippen molar-refractivity contribution in [2.45, 2.75) is 0 Å². The first kappa shape index (κ1) is 18.6. The molecular weight excluding hydrogens is 374 g/mol. The van der Waals surface area contributed by atoms with Crippen molar-refractivity contribution in [3.8, 4) is 11.1 Å². The molecule has 1 aliphatic rings. The van der Waals surface area contributed by atoms with Gasteiger partial charge in [0.2, 0.25) is 0 Å². The number of anilines is 3. The molecule has 30 heavy (non-hydrogen) atoms. The molecular formula is C23H25N7. The molecule has 0 spiro atoms. The van der Waals surface area contributed by atoms with Crippen LogP contribution in [0.5, 0.6) is 0 Å². The van der Waals surface area contributed by atoms with Crippen LogP contribution in [-0.4, -0.2) is 57.9 Å². The smallest absolute Gasteiger partial charge is 0.130 e. The monoisotopic (exact) mass is 399 g/mol. The third kappa shape index (κ3) is 3.71. The lowest BCUT2D eigenvalue weighted by molar-refractivity contribution is 0.313. The van der Waals surface area contributed by atoms with Crippen LogP contribution in [0, 0.1) is 0 Å². The van der Waals surface area contributed by atoms with Crippen LogP contribution in [0.3, 0.4) is 0 Å². The average molecular weight is 400 g/mol. The van der Waals surface area contributed by atoms with Crippen molar-refractivity contribution in [3.05, 3.63) is 61.2 Å². The molecule has 0 bridgehead atoms. The first-order valence-electron chi connectivity index (χ1n) is 10.2. The Morgan fingerprint density at radius 2 is 1.70 bits per heavy atom. The zero-order valence-corrected chi connectivity index (χ0v) is 17.3. The lowest BCUT2D eigenvalue weighted by Gasteiger charge is -2.33. The maximum atomic E-state index is 4.50. The summed E-state index contributed by atoms with van der Waals surface area (Å²) >= 11 is 0. The summed E-state index contributed by atoms with van der Waals surface area (Å²) in [4.78, 5) is 13.7. The number of fused-ring (bicyclic) bond motifs is 1. The minimum atomic E-state index is 0.802. The molecule has 7 nitrogen and oxygen atoms in total. The molecule has 7 heteroatoms. The van der Waals surface area contributed by atoms with E-state index in [1.807, 2.05) is 42.6 Å². The standard InChI is InChI=1S/C23H25N7/c1-28-7-9-30(10-8-28)21-13-20(15-24-16-21)27-23-12-18(5-6-25-23)17-3-4-22-19(11-17)14-26-29(22)2/h3-6,11-16H,7-10H2,1-2H3,(H,25,27). The Labute approximate surface area is 176 Å². The van der Waals surface area contributed by atoms with Gasteiger partial charge in [-0.1, -0.05) is 6.07 Å². The summed E-state index contributed by atoms with van der Waals surface area (Å²) in [7, 11) is 4.12. The highest BCUT2D eigenvalue weighted by Crippen LogP contribution is 2.27. The fourth-order valence-corrected chi connectivity index (χ4v) is 3.90. The molecule has 1 fully saturated rings. The van der Waals surface area contributed by atoms with Crippen molar-refractivity contribution in [3.63, 3.8) is 0 Å². The highest BCUT2D eigenvalue weighted by atomic mass is 15.3. The molecule has 0 amide bonds. The normalized spacial score (nSPS) is 14.9. The van der Waals surface area contributed by atoms with Gasteiger partial charge in [0.15, 0.2) is 0 Å². The van der Waals surface area contributed by atoms with Crippen LogP contribution in [0.4, 0.5) is 17.2 Å². The third-order valence-corrected chi connectivity index (χ3v) is 5.70. The van der Waals surface area contributed by atoms with Crippen molar-refractivity contribution in [1.29, 1.82) is 0 Å². The topological polar surface area (TPSA) is 62.1 Å². The predicted molar refractivity (Wildman–Crippen MR) is 121 cm³/mol. The largest absolute Gasteiger partial charge is 0.368 e. The van der Waals surface area contributed by atoms with E-state index >= 15 is 0 Å². The van der Waals surface area contributed by atoms with Gasteiger partial charge >= 0.3 is 0 Å². The van der Waals surface area contributed by atoms with Gasteiger partial charge < -0.3 is 15.1 Å². The Hall–Kier alpha value is -3.45. The quantitative estimate of drug-likeness (QED) is 0.567. The molecule has 4 aromatic rings. The Morgan fingerprint density at radius 3 is 2.57 bits per heavy atom. The van der Waals surface area contributed by atoms with Crippen LogP contribution >= 0.6 is 0 Å². The lowest BCUT2D eigenvalue weighted by atomic mass is 10.1. The lowest BCUT2D eigenvalue weighted by Crippen LogP contribution is -2.44. The number of likely N-dealkylation sites (N-methyl/N-ethyl adjacent to an activating group) is 1. The molecule has 1 N–H and O–H groups in total. The van der Waals surface area contributed by atoms with E-state index in [-0.39, 0.29) is 0 Å². The van der Waals surface area contributed by atoms with E-state index in [4.69, 9.17) is 0 Å². The van der Waals surface area contributed by atoms with E-state index in [9.17, 15) is 0 Å². The Balaban J connectivity index is 1.37. The molecule has 1 aliphatic heterocycles.